The molecule has 0 aliphatic rings. The van der Waals surface area contributed by atoms with E-state index in [9.17, 15) is 0 Å². The van der Waals surface area contributed by atoms with E-state index in [2.05, 4.69) is 46.9 Å². The van der Waals surface area contributed by atoms with Gasteiger partial charge < -0.3 is 9.88 Å². The Hall–Kier alpha value is -1.72. The van der Waals surface area contributed by atoms with Crippen LogP contribution in [-0.4, -0.2) is 14.5 Å². The summed E-state index contributed by atoms with van der Waals surface area (Å²) >= 11 is 1.68. The Kier molecular flexibility index (Phi) is 3.80. The fraction of sp³-hybridized carbons (Fsp3) is 0.333. The molecule has 0 bridgehead atoms. The van der Waals surface area contributed by atoms with Crippen molar-refractivity contribution in [2.75, 3.05) is 0 Å². The van der Waals surface area contributed by atoms with Crippen molar-refractivity contribution in [3.05, 3.63) is 46.7 Å². The highest BCUT2D eigenvalue weighted by atomic mass is 32.1. The molecule has 0 saturated carbocycles. The summed E-state index contributed by atoms with van der Waals surface area (Å²) in [7, 11) is 0. The van der Waals surface area contributed by atoms with Crippen molar-refractivity contribution in [3.8, 4) is 0 Å². The average Bonchev–Trinajstić information content (AvgIpc) is 3.11. The van der Waals surface area contributed by atoms with Gasteiger partial charge in [0.15, 0.2) is 0 Å². The first kappa shape index (κ1) is 13.3. The van der Waals surface area contributed by atoms with Crippen LogP contribution in [0.15, 0.2) is 35.8 Å². The first-order valence-electron chi connectivity index (χ1n) is 6.86. The summed E-state index contributed by atoms with van der Waals surface area (Å²) < 4.78 is 2.26. The molecule has 3 aromatic rings. The van der Waals surface area contributed by atoms with Gasteiger partial charge in [0, 0.05) is 18.1 Å². The molecule has 0 aliphatic carbocycles. The summed E-state index contributed by atoms with van der Waals surface area (Å²) in [6.07, 6.45) is 1.85. The predicted octanol–water partition coefficient (Wildman–Crippen LogP) is 3.36. The molecule has 0 saturated heterocycles. The van der Waals surface area contributed by atoms with Crippen LogP contribution in [0.25, 0.3) is 11.0 Å². The molecule has 104 valence electrons. The number of thiazole rings is 1. The minimum Gasteiger partial charge on any atom is -0.327 e. The molecule has 2 aromatic heterocycles. The summed E-state index contributed by atoms with van der Waals surface area (Å²) in [5, 5.41) is 6.63. The number of aryl methyl sites for hydroxylation is 1. The molecule has 0 radical (unpaired) electrons. The van der Waals surface area contributed by atoms with Crippen molar-refractivity contribution >= 4 is 22.4 Å². The average molecular weight is 286 g/mol. The maximum atomic E-state index is 4.72. The van der Waals surface area contributed by atoms with E-state index in [0.29, 0.717) is 0 Å². The molecule has 0 amide bonds. The van der Waals surface area contributed by atoms with Crippen LogP contribution in [-0.2, 0) is 13.1 Å². The standard InChI is InChI=1S/C15H18N4S/c1-3-19-13-7-5-4-6-12(13)18-14(19)10-17-11(2)15-16-8-9-20-15/h4-9,11,17H,3,10H2,1-2H3. The Morgan fingerprint density at radius 1 is 1.35 bits per heavy atom. The largest absolute Gasteiger partial charge is 0.327 e. The van der Waals surface area contributed by atoms with Crippen LogP contribution in [0.1, 0.15) is 30.7 Å². The van der Waals surface area contributed by atoms with E-state index in [4.69, 9.17) is 4.98 Å². The summed E-state index contributed by atoms with van der Waals surface area (Å²) in [6, 6.07) is 8.53. The highest BCUT2D eigenvalue weighted by Gasteiger charge is 2.12. The highest BCUT2D eigenvalue weighted by molar-refractivity contribution is 7.09. The number of para-hydroxylation sites is 2. The number of fused-ring (bicyclic) bond motifs is 1. The number of nitrogens with one attached hydrogen (secondary N) is 1. The molecular weight excluding hydrogens is 268 g/mol. The van der Waals surface area contributed by atoms with E-state index in [1.807, 2.05) is 17.6 Å². The maximum absolute atomic E-state index is 4.72. The van der Waals surface area contributed by atoms with Gasteiger partial charge in [0.05, 0.1) is 23.6 Å². The van der Waals surface area contributed by atoms with Crippen molar-refractivity contribution < 1.29 is 0 Å². The Morgan fingerprint density at radius 2 is 2.20 bits per heavy atom. The quantitative estimate of drug-likeness (QED) is 0.782. The molecule has 0 spiro atoms. The zero-order chi connectivity index (χ0) is 13.9. The topological polar surface area (TPSA) is 42.7 Å². The zero-order valence-corrected chi connectivity index (χ0v) is 12.5. The van der Waals surface area contributed by atoms with Crippen LogP contribution in [0, 0.1) is 0 Å². The van der Waals surface area contributed by atoms with Gasteiger partial charge in [0.25, 0.3) is 0 Å². The molecule has 2 heterocycles. The van der Waals surface area contributed by atoms with Crippen molar-refractivity contribution in [1.82, 2.24) is 19.9 Å². The fourth-order valence-electron chi connectivity index (χ4n) is 2.39. The second kappa shape index (κ2) is 5.73. The second-order valence-corrected chi connectivity index (χ2v) is 5.66. The lowest BCUT2D eigenvalue weighted by molar-refractivity contribution is 0.541. The molecule has 1 atom stereocenters. The number of nitrogens with zero attached hydrogens (tertiary/aromatic N) is 3. The van der Waals surface area contributed by atoms with Crippen LogP contribution >= 0.6 is 11.3 Å². The number of hydrogen-bond donors (Lipinski definition) is 1. The van der Waals surface area contributed by atoms with Gasteiger partial charge in [-0.3, -0.25) is 0 Å². The maximum Gasteiger partial charge on any atom is 0.123 e. The molecule has 0 aliphatic heterocycles. The van der Waals surface area contributed by atoms with E-state index in [-0.39, 0.29) is 6.04 Å². The molecule has 1 aromatic carbocycles. The fourth-order valence-corrected chi connectivity index (χ4v) is 3.06. The molecule has 3 rings (SSSR count). The first-order chi connectivity index (χ1) is 9.79. The van der Waals surface area contributed by atoms with Crippen molar-refractivity contribution in [2.24, 2.45) is 0 Å². The van der Waals surface area contributed by atoms with Crippen LogP contribution in [0.5, 0.6) is 0 Å². The third-order valence-electron chi connectivity index (χ3n) is 3.44. The van der Waals surface area contributed by atoms with E-state index < -0.39 is 0 Å². The van der Waals surface area contributed by atoms with Gasteiger partial charge >= 0.3 is 0 Å². The number of benzene rings is 1. The lowest BCUT2D eigenvalue weighted by atomic mass is 10.3. The summed E-state index contributed by atoms with van der Waals surface area (Å²) in [5.41, 5.74) is 2.27. The normalized spacial score (nSPS) is 12.9. The van der Waals surface area contributed by atoms with Crippen molar-refractivity contribution in [2.45, 2.75) is 33.0 Å². The smallest absolute Gasteiger partial charge is 0.123 e. The Balaban J connectivity index is 1.80. The minimum atomic E-state index is 0.250. The third-order valence-corrected chi connectivity index (χ3v) is 4.40. The van der Waals surface area contributed by atoms with E-state index >= 15 is 0 Å². The molecule has 20 heavy (non-hydrogen) atoms. The molecule has 0 fully saturated rings. The predicted molar refractivity (Wildman–Crippen MR) is 82.8 cm³/mol. The number of imidazole rings is 1. The summed E-state index contributed by atoms with van der Waals surface area (Å²) in [6.45, 7) is 5.98. The van der Waals surface area contributed by atoms with E-state index in [1.165, 1.54) is 5.52 Å². The van der Waals surface area contributed by atoms with Crippen molar-refractivity contribution in [1.29, 1.82) is 0 Å². The van der Waals surface area contributed by atoms with Gasteiger partial charge in [-0.2, -0.15) is 0 Å². The van der Waals surface area contributed by atoms with Gasteiger partial charge in [0.1, 0.15) is 10.8 Å². The number of rotatable bonds is 5. The molecule has 4 nitrogen and oxygen atoms in total. The number of hydrogen-bond acceptors (Lipinski definition) is 4. The molecule has 5 heteroatoms. The Labute approximate surface area is 122 Å². The zero-order valence-electron chi connectivity index (χ0n) is 11.7. The highest BCUT2D eigenvalue weighted by Crippen LogP contribution is 2.18. The SMILES string of the molecule is CCn1c(CNC(C)c2nccs2)nc2ccccc21. The van der Waals surface area contributed by atoms with Gasteiger partial charge in [-0.05, 0) is 26.0 Å². The van der Waals surface area contributed by atoms with E-state index in [1.54, 1.807) is 11.3 Å². The Bertz CT molecular complexity index is 687. The summed E-state index contributed by atoms with van der Waals surface area (Å²) in [5.74, 6) is 1.08. The van der Waals surface area contributed by atoms with Crippen LogP contribution in [0.3, 0.4) is 0 Å². The second-order valence-electron chi connectivity index (χ2n) is 4.73. The van der Waals surface area contributed by atoms with Gasteiger partial charge in [-0.15, -0.1) is 11.3 Å². The number of aromatic nitrogens is 3. The van der Waals surface area contributed by atoms with Crippen LogP contribution < -0.4 is 5.32 Å². The monoisotopic (exact) mass is 286 g/mol. The minimum absolute atomic E-state index is 0.250. The lowest BCUT2D eigenvalue weighted by Gasteiger charge is -2.12. The van der Waals surface area contributed by atoms with E-state index in [0.717, 1.165) is 29.4 Å². The molecule has 1 unspecified atom stereocenters. The summed E-state index contributed by atoms with van der Waals surface area (Å²) in [4.78, 5) is 9.06. The van der Waals surface area contributed by atoms with Crippen molar-refractivity contribution in [3.63, 3.8) is 0 Å². The third kappa shape index (κ3) is 2.46. The van der Waals surface area contributed by atoms with Gasteiger partial charge in [0.2, 0.25) is 0 Å². The lowest BCUT2D eigenvalue weighted by Crippen LogP contribution is -2.20. The van der Waals surface area contributed by atoms with Crippen LogP contribution in [0.2, 0.25) is 0 Å². The Morgan fingerprint density at radius 3 is 2.95 bits per heavy atom. The molecule has 1 N–H and O–H groups in total. The van der Waals surface area contributed by atoms with Crippen LogP contribution in [0.4, 0.5) is 0 Å². The van der Waals surface area contributed by atoms with Gasteiger partial charge in [-0.25, -0.2) is 9.97 Å². The van der Waals surface area contributed by atoms with Gasteiger partial charge in [-0.1, -0.05) is 12.1 Å². The first-order valence-corrected chi connectivity index (χ1v) is 7.74. The molecular formula is C15H18N4S.